The van der Waals surface area contributed by atoms with Crippen LogP contribution in [-0.2, 0) is 29.7 Å². The number of rotatable bonds is 5. The molecule has 0 radical (unpaired) electrons. The zero-order valence-electron chi connectivity index (χ0n) is 14.0. The lowest BCUT2D eigenvalue weighted by Gasteiger charge is -2.08. The monoisotopic (exact) mass is 357 g/mol. The lowest BCUT2D eigenvalue weighted by molar-refractivity contribution is 0.602. The third-order valence-corrected chi connectivity index (χ3v) is 5.12. The molecule has 0 aliphatic rings. The molecule has 0 aliphatic carbocycles. The van der Waals surface area contributed by atoms with E-state index in [0.717, 1.165) is 17.7 Å². The Labute approximate surface area is 146 Å². The minimum atomic E-state index is -3.22. The fourth-order valence-electron chi connectivity index (χ4n) is 2.50. The third kappa shape index (κ3) is 3.85. The lowest BCUT2D eigenvalue weighted by Crippen LogP contribution is -2.05. The number of benzene rings is 1. The van der Waals surface area contributed by atoms with Gasteiger partial charge >= 0.3 is 0 Å². The van der Waals surface area contributed by atoms with Gasteiger partial charge in [0.15, 0.2) is 9.84 Å². The summed E-state index contributed by atoms with van der Waals surface area (Å²) in [6.07, 6.45) is 7.75. The molecule has 0 fully saturated rings. The van der Waals surface area contributed by atoms with Crippen LogP contribution in [0.4, 0.5) is 5.82 Å². The maximum Gasteiger partial charge on any atom is 0.175 e. The quantitative estimate of drug-likeness (QED) is 0.744. The molecule has 130 valence electrons. The summed E-state index contributed by atoms with van der Waals surface area (Å²) in [6, 6.07) is 6.58. The van der Waals surface area contributed by atoms with Crippen LogP contribution in [0.3, 0.4) is 0 Å². The van der Waals surface area contributed by atoms with E-state index in [2.05, 4.69) is 15.0 Å². The van der Waals surface area contributed by atoms with E-state index < -0.39 is 9.84 Å². The van der Waals surface area contributed by atoms with E-state index in [4.69, 9.17) is 5.73 Å². The highest BCUT2D eigenvalue weighted by molar-refractivity contribution is 7.90. The second kappa shape index (κ2) is 6.64. The molecule has 3 aromatic rings. The van der Waals surface area contributed by atoms with Crippen LogP contribution in [0.5, 0.6) is 0 Å². The zero-order chi connectivity index (χ0) is 18.0. The summed E-state index contributed by atoms with van der Waals surface area (Å²) in [5, 5.41) is 0. The fourth-order valence-corrected chi connectivity index (χ4v) is 3.14. The lowest BCUT2D eigenvalue weighted by atomic mass is 10.1. The standard InChI is InChI=1S/C17H19N5O2S/c1-22-11-19-9-13(22)5-8-15-17(18)20-10-16(21-15)12-3-6-14(7-4-12)25(2,23)24/h3-4,6-7,9-11H,5,8H2,1-2H3,(H2,18,20). The average molecular weight is 357 g/mol. The van der Waals surface area contributed by atoms with Crippen LogP contribution in [0.25, 0.3) is 11.3 Å². The highest BCUT2D eigenvalue weighted by atomic mass is 32.2. The van der Waals surface area contributed by atoms with Gasteiger partial charge in [0, 0.05) is 30.8 Å². The molecule has 2 N–H and O–H groups in total. The Balaban J connectivity index is 1.85. The Morgan fingerprint density at radius 1 is 1.12 bits per heavy atom. The van der Waals surface area contributed by atoms with E-state index in [1.165, 1.54) is 6.26 Å². The number of aryl methyl sites for hydroxylation is 3. The van der Waals surface area contributed by atoms with Gasteiger partial charge < -0.3 is 10.3 Å². The maximum atomic E-state index is 11.6. The van der Waals surface area contributed by atoms with Crippen molar-refractivity contribution in [3.63, 3.8) is 0 Å². The largest absolute Gasteiger partial charge is 0.382 e. The van der Waals surface area contributed by atoms with E-state index in [1.54, 1.807) is 36.8 Å². The SMILES string of the molecule is Cn1cncc1CCc1nc(-c2ccc(S(C)(=O)=O)cc2)cnc1N. The Bertz CT molecular complexity index is 994. The van der Waals surface area contributed by atoms with Crippen LogP contribution >= 0.6 is 0 Å². The first-order chi connectivity index (χ1) is 11.8. The summed E-state index contributed by atoms with van der Waals surface area (Å²) in [5.74, 6) is 0.402. The molecular formula is C17H19N5O2S. The van der Waals surface area contributed by atoms with Crippen molar-refractivity contribution in [2.75, 3.05) is 12.0 Å². The molecule has 0 unspecified atom stereocenters. The van der Waals surface area contributed by atoms with Crippen molar-refractivity contribution in [2.24, 2.45) is 7.05 Å². The number of anilines is 1. The van der Waals surface area contributed by atoms with Crippen molar-refractivity contribution in [1.82, 2.24) is 19.5 Å². The molecule has 0 amide bonds. The summed E-state index contributed by atoms with van der Waals surface area (Å²) in [7, 11) is -1.28. The Kier molecular flexibility index (Phi) is 4.54. The normalized spacial score (nSPS) is 11.6. The summed E-state index contributed by atoms with van der Waals surface area (Å²) in [4.78, 5) is 13.2. The van der Waals surface area contributed by atoms with Crippen molar-refractivity contribution in [1.29, 1.82) is 0 Å². The number of nitrogen functional groups attached to an aromatic ring is 1. The van der Waals surface area contributed by atoms with Gasteiger partial charge in [0.1, 0.15) is 5.82 Å². The molecule has 1 aromatic carbocycles. The third-order valence-electron chi connectivity index (χ3n) is 3.99. The minimum absolute atomic E-state index is 0.274. The highest BCUT2D eigenvalue weighted by Crippen LogP contribution is 2.21. The van der Waals surface area contributed by atoms with Gasteiger partial charge in [-0.3, -0.25) is 0 Å². The molecule has 3 rings (SSSR count). The van der Waals surface area contributed by atoms with Crippen LogP contribution in [0.1, 0.15) is 11.4 Å². The van der Waals surface area contributed by atoms with Gasteiger partial charge in [0.05, 0.1) is 28.8 Å². The predicted octanol–water partition coefficient (Wildman–Crippen LogP) is 1.65. The Morgan fingerprint density at radius 3 is 2.44 bits per heavy atom. The first-order valence-corrected chi connectivity index (χ1v) is 9.61. The molecule has 0 atom stereocenters. The minimum Gasteiger partial charge on any atom is -0.382 e. The number of hydrogen-bond acceptors (Lipinski definition) is 6. The predicted molar refractivity (Wildman–Crippen MR) is 95.6 cm³/mol. The summed E-state index contributed by atoms with van der Waals surface area (Å²) >= 11 is 0. The number of nitrogens with two attached hydrogens (primary N) is 1. The van der Waals surface area contributed by atoms with Crippen molar-refractivity contribution in [2.45, 2.75) is 17.7 Å². The molecule has 0 spiro atoms. The van der Waals surface area contributed by atoms with Crippen LogP contribution in [0.15, 0.2) is 47.9 Å². The number of sulfone groups is 1. The van der Waals surface area contributed by atoms with Gasteiger partial charge in [-0.05, 0) is 25.0 Å². The number of nitrogens with zero attached hydrogens (tertiary/aromatic N) is 4. The smallest absolute Gasteiger partial charge is 0.175 e. The fraction of sp³-hybridized carbons (Fsp3) is 0.235. The van der Waals surface area contributed by atoms with E-state index in [1.807, 2.05) is 17.8 Å². The van der Waals surface area contributed by atoms with Gasteiger partial charge in [0.25, 0.3) is 0 Å². The van der Waals surface area contributed by atoms with Crippen LogP contribution in [0.2, 0.25) is 0 Å². The molecule has 0 bridgehead atoms. The second-order valence-electron chi connectivity index (χ2n) is 5.88. The van der Waals surface area contributed by atoms with Gasteiger partial charge in [-0.15, -0.1) is 0 Å². The first kappa shape index (κ1) is 17.1. The van der Waals surface area contributed by atoms with Crippen molar-refractivity contribution >= 4 is 15.7 Å². The number of hydrogen-bond donors (Lipinski definition) is 1. The Morgan fingerprint density at radius 2 is 1.84 bits per heavy atom. The van der Waals surface area contributed by atoms with Crippen molar-refractivity contribution in [3.05, 3.63) is 54.4 Å². The van der Waals surface area contributed by atoms with Crippen LogP contribution in [-0.4, -0.2) is 34.2 Å². The van der Waals surface area contributed by atoms with Gasteiger partial charge in [-0.1, -0.05) is 12.1 Å². The molecule has 2 heterocycles. The molecule has 7 nitrogen and oxygen atoms in total. The molecule has 0 saturated carbocycles. The topological polar surface area (TPSA) is 104 Å². The van der Waals surface area contributed by atoms with Gasteiger partial charge in [0.2, 0.25) is 0 Å². The number of aromatic nitrogens is 4. The molecule has 2 aromatic heterocycles. The summed E-state index contributed by atoms with van der Waals surface area (Å²) in [5.41, 5.74) is 9.21. The maximum absolute atomic E-state index is 11.6. The van der Waals surface area contributed by atoms with Gasteiger partial charge in [-0.25, -0.2) is 23.4 Å². The van der Waals surface area contributed by atoms with E-state index >= 15 is 0 Å². The Hall–Kier alpha value is -2.74. The number of imidazole rings is 1. The molecule has 0 aliphatic heterocycles. The highest BCUT2D eigenvalue weighted by Gasteiger charge is 2.10. The van der Waals surface area contributed by atoms with Crippen molar-refractivity contribution < 1.29 is 8.42 Å². The van der Waals surface area contributed by atoms with E-state index in [9.17, 15) is 8.42 Å². The summed E-state index contributed by atoms with van der Waals surface area (Å²) < 4.78 is 25.1. The molecular weight excluding hydrogens is 338 g/mol. The van der Waals surface area contributed by atoms with Gasteiger partial charge in [-0.2, -0.15) is 0 Å². The van der Waals surface area contributed by atoms with E-state index in [0.29, 0.717) is 23.6 Å². The molecule has 0 saturated heterocycles. The molecule has 25 heavy (non-hydrogen) atoms. The zero-order valence-corrected chi connectivity index (χ0v) is 14.9. The van der Waals surface area contributed by atoms with E-state index in [-0.39, 0.29) is 4.90 Å². The summed E-state index contributed by atoms with van der Waals surface area (Å²) in [6.45, 7) is 0. The first-order valence-electron chi connectivity index (χ1n) is 7.71. The average Bonchev–Trinajstić information content (AvgIpc) is 2.98. The van der Waals surface area contributed by atoms with Crippen LogP contribution in [0, 0.1) is 0 Å². The molecule has 8 heteroatoms. The van der Waals surface area contributed by atoms with Crippen molar-refractivity contribution in [3.8, 4) is 11.3 Å². The second-order valence-corrected chi connectivity index (χ2v) is 7.90. The van der Waals surface area contributed by atoms with Crippen LogP contribution < -0.4 is 5.73 Å².